The van der Waals surface area contributed by atoms with Crippen LogP contribution in [0.15, 0.2) is 60.9 Å². The zero-order chi connectivity index (χ0) is 26.2. The molecule has 2 aromatic heterocycles. The number of amides is 1. The van der Waals surface area contributed by atoms with Gasteiger partial charge in [-0.15, -0.1) is 0 Å². The van der Waals surface area contributed by atoms with Crippen molar-refractivity contribution in [2.24, 2.45) is 0 Å². The predicted octanol–water partition coefficient (Wildman–Crippen LogP) is 4.35. The summed E-state index contributed by atoms with van der Waals surface area (Å²) < 4.78 is 30.0. The maximum Gasteiger partial charge on any atom is 0.255 e. The molecule has 2 aromatic carbocycles. The quantitative estimate of drug-likeness (QED) is 0.425. The fraction of sp³-hybridized carbons (Fsp3) is 0.321. The third-order valence-corrected chi connectivity index (χ3v) is 7.46. The first-order chi connectivity index (χ1) is 18.5. The van der Waals surface area contributed by atoms with Crippen molar-refractivity contribution in [3.8, 4) is 0 Å². The van der Waals surface area contributed by atoms with E-state index in [9.17, 15) is 13.6 Å². The third kappa shape index (κ3) is 4.67. The van der Waals surface area contributed by atoms with Gasteiger partial charge in [0.2, 0.25) is 0 Å². The van der Waals surface area contributed by atoms with Gasteiger partial charge in [0.1, 0.15) is 23.1 Å². The Labute approximate surface area is 219 Å². The minimum absolute atomic E-state index is 0.252. The fourth-order valence-corrected chi connectivity index (χ4v) is 5.32. The highest BCUT2D eigenvalue weighted by Crippen LogP contribution is 2.37. The van der Waals surface area contributed by atoms with Gasteiger partial charge < -0.3 is 20.0 Å². The number of carbonyl (C=O) groups excluding carboxylic acids is 1. The van der Waals surface area contributed by atoms with Gasteiger partial charge in [-0.05, 0) is 68.4 Å². The van der Waals surface area contributed by atoms with Crippen molar-refractivity contribution in [1.82, 2.24) is 19.5 Å². The van der Waals surface area contributed by atoms with Gasteiger partial charge in [0.25, 0.3) is 5.91 Å². The molecule has 0 aliphatic carbocycles. The summed E-state index contributed by atoms with van der Waals surface area (Å²) in [6.45, 7) is 4.62. The van der Waals surface area contributed by atoms with Crippen molar-refractivity contribution in [1.29, 1.82) is 0 Å². The Bertz CT molecular complexity index is 1460. The topological polar surface area (TPSA) is 69.0 Å². The molecule has 196 valence electrons. The highest BCUT2D eigenvalue weighted by atomic mass is 19.1. The van der Waals surface area contributed by atoms with Crippen molar-refractivity contribution in [3.05, 3.63) is 83.7 Å². The molecule has 1 amide bonds. The van der Waals surface area contributed by atoms with Gasteiger partial charge >= 0.3 is 0 Å². The van der Waals surface area contributed by atoms with Crippen LogP contribution in [0, 0.1) is 11.6 Å². The van der Waals surface area contributed by atoms with Crippen molar-refractivity contribution < 1.29 is 13.6 Å². The summed E-state index contributed by atoms with van der Waals surface area (Å²) in [4.78, 5) is 24.4. The second-order valence-electron chi connectivity index (χ2n) is 9.92. The maximum absolute atomic E-state index is 14.5. The lowest BCUT2D eigenvalue weighted by Gasteiger charge is -2.34. The number of aromatic nitrogens is 3. The number of nitrogens with one attached hydrogen (secondary N) is 1. The molecule has 4 aromatic rings. The highest BCUT2D eigenvalue weighted by molar-refractivity contribution is 6.06. The maximum atomic E-state index is 14.5. The molecule has 10 heteroatoms. The molecule has 0 saturated carbocycles. The van der Waals surface area contributed by atoms with Crippen LogP contribution in [0.2, 0.25) is 0 Å². The molecule has 0 bridgehead atoms. The zero-order valence-electron chi connectivity index (χ0n) is 21.1. The van der Waals surface area contributed by atoms with Crippen LogP contribution in [0.5, 0.6) is 0 Å². The van der Waals surface area contributed by atoms with Crippen LogP contribution in [0.3, 0.4) is 0 Å². The largest absolute Gasteiger partial charge is 0.369 e. The minimum Gasteiger partial charge on any atom is -0.369 e. The van der Waals surface area contributed by atoms with Crippen LogP contribution < -0.4 is 15.1 Å². The molecular formula is C28H29F2N7O. The minimum atomic E-state index is -0.464. The second-order valence-corrected chi connectivity index (χ2v) is 9.92. The first-order valence-electron chi connectivity index (χ1n) is 12.9. The van der Waals surface area contributed by atoms with Crippen molar-refractivity contribution in [3.63, 3.8) is 0 Å². The Morgan fingerprint density at radius 2 is 1.79 bits per heavy atom. The molecule has 4 heterocycles. The summed E-state index contributed by atoms with van der Waals surface area (Å²) >= 11 is 0. The number of hydrogen-bond acceptors (Lipinski definition) is 6. The lowest BCUT2D eigenvalue weighted by molar-refractivity contribution is 0.102. The summed E-state index contributed by atoms with van der Waals surface area (Å²) in [6, 6.07) is 12.7. The molecule has 1 N–H and O–H groups in total. The number of nitrogens with zero attached hydrogens (tertiary/aromatic N) is 6. The monoisotopic (exact) mass is 517 g/mol. The molecule has 38 heavy (non-hydrogen) atoms. The standard InChI is InChI=1S/C28H29F2N7O/c1-34-13-15-35(16-14-34)21-7-4-19(5-8-21)28(38)32-24-18-31-37-12-10-26(33-27(24)37)36-11-2-3-25(36)22-17-20(29)6-9-23(22)30/h4-10,12,17-18,25H,2-3,11,13-16H2,1H3,(H,32,38). The number of piperazine rings is 1. The molecule has 8 nitrogen and oxygen atoms in total. The van der Waals surface area contributed by atoms with E-state index in [0.29, 0.717) is 41.2 Å². The lowest BCUT2D eigenvalue weighted by atomic mass is 10.0. The van der Waals surface area contributed by atoms with Crippen LogP contribution in [0.4, 0.5) is 26.0 Å². The van der Waals surface area contributed by atoms with E-state index in [1.165, 1.54) is 12.1 Å². The predicted molar refractivity (Wildman–Crippen MR) is 143 cm³/mol. The number of rotatable bonds is 5. The Balaban J connectivity index is 1.21. The van der Waals surface area contributed by atoms with Gasteiger partial charge in [0.05, 0.1) is 12.2 Å². The van der Waals surface area contributed by atoms with Gasteiger partial charge in [-0.2, -0.15) is 5.10 Å². The molecular weight excluding hydrogens is 488 g/mol. The second kappa shape index (κ2) is 10.0. The van der Waals surface area contributed by atoms with E-state index in [0.717, 1.165) is 44.4 Å². The summed E-state index contributed by atoms with van der Waals surface area (Å²) in [5.41, 5.74) is 2.93. The number of hydrogen-bond donors (Lipinski definition) is 1. The number of anilines is 3. The van der Waals surface area contributed by atoms with E-state index >= 15 is 0 Å². The molecule has 2 aliphatic heterocycles. The molecule has 1 unspecified atom stereocenters. The molecule has 2 aliphatic rings. The molecule has 2 fully saturated rings. The summed E-state index contributed by atoms with van der Waals surface area (Å²) in [5.74, 6) is -0.525. The number of fused-ring (bicyclic) bond motifs is 1. The molecule has 6 rings (SSSR count). The van der Waals surface area contributed by atoms with Crippen LogP contribution in [0.25, 0.3) is 5.65 Å². The first-order valence-corrected chi connectivity index (χ1v) is 12.9. The van der Waals surface area contributed by atoms with Crippen molar-refractivity contribution in [2.45, 2.75) is 18.9 Å². The van der Waals surface area contributed by atoms with E-state index in [2.05, 4.69) is 27.3 Å². The average Bonchev–Trinajstić information content (AvgIpc) is 3.58. The van der Waals surface area contributed by atoms with Gasteiger partial charge in [-0.3, -0.25) is 4.79 Å². The first kappa shape index (κ1) is 24.3. The van der Waals surface area contributed by atoms with E-state index in [-0.39, 0.29) is 11.9 Å². The Morgan fingerprint density at radius 3 is 2.58 bits per heavy atom. The number of carbonyl (C=O) groups is 1. The van der Waals surface area contributed by atoms with Crippen molar-refractivity contribution >= 4 is 28.7 Å². The molecule has 0 spiro atoms. The van der Waals surface area contributed by atoms with Crippen LogP contribution >= 0.6 is 0 Å². The third-order valence-electron chi connectivity index (χ3n) is 7.46. The molecule has 2 saturated heterocycles. The summed E-state index contributed by atoms with van der Waals surface area (Å²) in [7, 11) is 2.12. The van der Waals surface area contributed by atoms with Crippen molar-refractivity contribution in [2.75, 3.05) is 54.9 Å². The Kier molecular flexibility index (Phi) is 6.40. The Hall–Kier alpha value is -4.05. The van der Waals surface area contributed by atoms with Crippen LogP contribution in [-0.4, -0.2) is 65.2 Å². The molecule has 1 atom stereocenters. The molecule has 0 radical (unpaired) electrons. The van der Waals surface area contributed by atoms with Gasteiger partial charge in [0.15, 0.2) is 5.65 Å². The normalized spacial score (nSPS) is 18.3. The van der Waals surface area contributed by atoms with E-state index < -0.39 is 11.6 Å². The highest BCUT2D eigenvalue weighted by Gasteiger charge is 2.30. The fourth-order valence-electron chi connectivity index (χ4n) is 5.32. The number of halogens is 2. The van der Waals surface area contributed by atoms with E-state index in [1.54, 1.807) is 23.0 Å². The summed E-state index contributed by atoms with van der Waals surface area (Å²) in [6.07, 6.45) is 4.85. The SMILES string of the molecule is CN1CCN(c2ccc(C(=O)Nc3cnn4ccc(N5CCCC5c5cc(F)ccc5F)nc34)cc2)CC1. The van der Waals surface area contributed by atoms with Gasteiger partial charge in [-0.1, -0.05) is 0 Å². The van der Waals surface area contributed by atoms with Gasteiger partial charge in [0, 0.05) is 55.7 Å². The summed E-state index contributed by atoms with van der Waals surface area (Å²) in [5, 5.41) is 7.25. The Morgan fingerprint density at radius 1 is 1.00 bits per heavy atom. The van der Waals surface area contributed by atoms with Gasteiger partial charge in [-0.25, -0.2) is 18.3 Å². The smallest absolute Gasteiger partial charge is 0.255 e. The van der Waals surface area contributed by atoms with E-state index in [1.807, 2.05) is 29.2 Å². The number of benzene rings is 2. The lowest BCUT2D eigenvalue weighted by Crippen LogP contribution is -2.44. The van der Waals surface area contributed by atoms with Crippen LogP contribution in [0.1, 0.15) is 34.8 Å². The number of likely N-dealkylation sites (N-methyl/N-ethyl adjacent to an activating group) is 1. The zero-order valence-corrected chi connectivity index (χ0v) is 21.1. The van der Waals surface area contributed by atoms with E-state index in [4.69, 9.17) is 4.98 Å². The average molecular weight is 518 g/mol. The van der Waals surface area contributed by atoms with Crippen LogP contribution in [-0.2, 0) is 0 Å².